The van der Waals surface area contributed by atoms with Gasteiger partial charge in [-0.05, 0) is 32.0 Å². The van der Waals surface area contributed by atoms with Crippen LogP contribution in [-0.2, 0) is 5.79 Å². The van der Waals surface area contributed by atoms with Crippen molar-refractivity contribution in [3.63, 3.8) is 0 Å². The summed E-state index contributed by atoms with van der Waals surface area (Å²) in [6.07, 6.45) is -5.20. The molecule has 4 aromatic carbocycles. The number of para-hydroxylation sites is 1. The second kappa shape index (κ2) is 11.1. The first kappa shape index (κ1) is 30.7. The van der Waals surface area contributed by atoms with Gasteiger partial charge in [0.05, 0.1) is 0 Å². The van der Waals surface area contributed by atoms with Crippen molar-refractivity contribution in [1.29, 1.82) is 0 Å². The zero-order chi connectivity index (χ0) is 33.0. The van der Waals surface area contributed by atoms with Crippen LogP contribution in [0.2, 0.25) is 0 Å². The lowest BCUT2D eigenvalue weighted by Crippen LogP contribution is -2.49. The summed E-state index contributed by atoms with van der Waals surface area (Å²) in [6.45, 7) is 2.50. The summed E-state index contributed by atoms with van der Waals surface area (Å²) in [5.74, 6) is -9.81. The van der Waals surface area contributed by atoms with Gasteiger partial charge in [-0.15, -0.1) is 0 Å². The maximum atomic E-state index is 13.2. The van der Waals surface area contributed by atoms with E-state index in [9.17, 15) is 55.9 Å². The average molecular weight is 625 g/mol. The second-order valence-electron chi connectivity index (χ2n) is 10.4. The van der Waals surface area contributed by atoms with Gasteiger partial charge in [0, 0.05) is 41.0 Å². The van der Waals surface area contributed by atoms with Crippen molar-refractivity contribution in [3.05, 3.63) is 76.9 Å². The van der Waals surface area contributed by atoms with E-state index in [-0.39, 0.29) is 33.9 Å². The van der Waals surface area contributed by atoms with E-state index in [0.717, 1.165) is 36.4 Å². The molecule has 0 radical (unpaired) electrons. The molecule has 4 atom stereocenters. The Hall–Kier alpha value is -5.73. The van der Waals surface area contributed by atoms with Gasteiger partial charge >= 0.3 is 5.79 Å². The normalized spacial score (nSPS) is 17.9. The number of aromatic hydroxyl groups is 8. The number of ether oxygens (including phenoxy) is 3. The van der Waals surface area contributed by atoms with Gasteiger partial charge in [0.2, 0.25) is 5.78 Å². The lowest BCUT2D eigenvalue weighted by molar-refractivity contribution is -0.189. The fourth-order valence-corrected chi connectivity index (χ4v) is 4.98. The second-order valence-corrected chi connectivity index (χ2v) is 10.4. The van der Waals surface area contributed by atoms with Crippen molar-refractivity contribution >= 4 is 5.78 Å². The van der Waals surface area contributed by atoms with E-state index >= 15 is 0 Å². The third kappa shape index (κ3) is 5.21. The number of aliphatic hydroxyl groups is 2. The van der Waals surface area contributed by atoms with E-state index in [2.05, 4.69) is 0 Å². The minimum absolute atomic E-state index is 0.129. The fraction of sp³-hybridized carbons (Fsp3) is 0.194. The molecule has 45 heavy (non-hydrogen) atoms. The molecule has 14 heteroatoms. The minimum Gasteiger partial charge on any atom is -0.508 e. The lowest BCUT2D eigenvalue weighted by Gasteiger charge is -2.38. The molecule has 1 aliphatic rings. The number of rotatable bonds is 7. The van der Waals surface area contributed by atoms with Gasteiger partial charge in [-0.3, -0.25) is 4.79 Å². The highest BCUT2D eigenvalue weighted by Gasteiger charge is 2.47. The third-order valence-corrected chi connectivity index (χ3v) is 7.31. The smallest absolute Gasteiger partial charge is 0.304 e. The molecule has 0 bridgehead atoms. The van der Waals surface area contributed by atoms with Crippen LogP contribution in [0.1, 0.15) is 40.1 Å². The molecule has 14 nitrogen and oxygen atoms in total. The molecule has 4 unspecified atom stereocenters. The van der Waals surface area contributed by atoms with Crippen LogP contribution in [-0.4, -0.2) is 69.1 Å². The Kier molecular flexibility index (Phi) is 7.56. The van der Waals surface area contributed by atoms with Gasteiger partial charge in [-0.25, -0.2) is 0 Å². The molecule has 5 rings (SSSR count). The zero-order valence-electron chi connectivity index (χ0n) is 23.5. The standard InChI is InChI=1S/C31H28O14/c1-12-22(11-23-24(25(12)38)28(41)29(42)30(43-23)18-4-3-5-19(35)26(18)39)45-31(13(2)32,14-6-20(36)27(40)21(37)7-14)44-17-9-15(33)8-16(34)10-17/h3-11,13,29-30,32-40,42H,1-2H3. The number of fused-ring (bicyclic) bond motifs is 1. The third-order valence-electron chi connectivity index (χ3n) is 7.31. The topological polar surface area (TPSA) is 247 Å². The van der Waals surface area contributed by atoms with Gasteiger partial charge in [-0.2, -0.15) is 0 Å². The maximum Gasteiger partial charge on any atom is 0.304 e. The van der Waals surface area contributed by atoms with E-state index < -0.39 is 81.4 Å². The molecule has 1 aliphatic heterocycles. The van der Waals surface area contributed by atoms with Gasteiger partial charge in [-0.1, -0.05) is 12.1 Å². The molecular formula is C31H28O14. The average Bonchev–Trinajstić information content (AvgIpc) is 2.96. The van der Waals surface area contributed by atoms with Crippen LogP contribution < -0.4 is 14.2 Å². The summed E-state index contributed by atoms with van der Waals surface area (Å²) >= 11 is 0. The number of phenols is 8. The number of ketones is 1. The van der Waals surface area contributed by atoms with Crippen LogP contribution in [0.4, 0.5) is 0 Å². The van der Waals surface area contributed by atoms with Crippen molar-refractivity contribution in [2.24, 2.45) is 0 Å². The van der Waals surface area contributed by atoms with Crippen molar-refractivity contribution in [2.75, 3.05) is 0 Å². The number of aliphatic hydroxyl groups excluding tert-OH is 2. The number of phenolic OH excluding ortho intramolecular Hbond substituents is 8. The predicted molar refractivity (Wildman–Crippen MR) is 152 cm³/mol. The van der Waals surface area contributed by atoms with Crippen LogP contribution in [0.15, 0.2) is 54.6 Å². The molecule has 1 heterocycles. The van der Waals surface area contributed by atoms with E-state index in [1.165, 1.54) is 32.0 Å². The quantitative estimate of drug-likeness (QED) is 0.105. The van der Waals surface area contributed by atoms with Crippen LogP contribution in [0.3, 0.4) is 0 Å². The number of hydrogen-bond acceptors (Lipinski definition) is 14. The summed E-state index contributed by atoms with van der Waals surface area (Å²) in [5, 5.41) is 104. The summed E-state index contributed by atoms with van der Waals surface area (Å²) in [6, 6.07) is 9.81. The first-order valence-corrected chi connectivity index (χ1v) is 13.3. The van der Waals surface area contributed by atoms with Crippen LogP contribution in [0, 0.1) is 6.92 Å². The van der Waals surface area contributed by atoms with Crippen molar-refractivity contribution in [2.45, 2.75) is 37.9 Å². The van der Waals surface area contributed by atoms with Gasteiger partial charge in [0.15, 0.2) is 41.0 Å². The molecule has 0 saturated carbocycles. The van der Waals surface area contributed by atoms with Gasteiger partial charge in [0.1, 0.15) is 46.2 Å². The Morgan fingerprint density at radius 1 is 0.800 bits per heavy atom. The first-order chi connectivity index (χ1) is 21.1. The molecule has 0 saturated heterocycles. The molecule has 0 spiro atoms. The van der Waals surface area contributed by atoms with Crippen molar-refractivity contribution in [1.82, 2.24) is 0 Å². The molecule has 10 N–H and O–H groups in total. The summed E-state index contributed by atoms with van der Waals surface area (Å²) in [7, 11) is 0. The predicted octanol–water partition coefficient (Wildman–Crippen LogP) is 3.01. The van der Waals surface area contributed by atoms with Crippen LogP contribution >= 0.6 is 0 Å². The highest BCUT2D eigenvalue weighted by molar-refractivity contribution is 6.06. The Labute approximate surface area is 254 Å². The molecule has 0 fully saturated rings. The van der Waals surface area contributed by atoms with Crippen molar-refractivity contribution in [3.8, 4) is 63.2 Å². The molecule has 0 amide bonds. The number of benzene rings is 4. The van der Waals surface area contributed by atoms with E-state index in [1.54, 1.807) is 0 Å². The number of Topliss-reactive ketones (excluding diaryl/α,β-unsaturated/α-hetero) is 1. The molecule has 236 valence electrons. The lowest BCUT2D eigenvalue weighted by atomic mass is 9.91. The Morgan fingerprint density at radius 3 is 2.02 bits per heavy atom. The van der Waals surface area contributed by atoms with Crippen LogP contribution in [0.25, 0.3) is 0 Å². The van der Waals surface area contributed by atoms with Gasteiger partial charge < -0.3 is 65.3 Å². The monoisotopic (exact) mass is 624 g/mol. The minimum atomic E-state index is -2.49. The largest absolute Gasteiger partial charge is 0.508 e. The fourth-order valence-electron chi connectivity index (χ4n) is 4.98. The number of hydrogen-bond donors (Lipinski definition) is 10. The Morgan fingerprint density at radius 2 is 1.42 bits per heavy atom. The number of carbonyl (C=O) groups excluding carboxylic acids is 1. The number of carbonyl (C=O) groups is 1. The maximum absolute atomic E-state index is 13.2. The molecule has 0 aliphatic carbocycles. The van der Waals surface area contributed by atoms with Crippen LogP contribution in [0.5, 0.6) is 63.2 Å². The van der Waals surface area contributed by atoms with E-state index in [4.69, 9.17) is 14.2 Å². The van der Waals surface area contributed by atoms with Gasteiger partial charge in [0.25, 0.3) is 0 Å². The molecule has 0 aromatic heterocycles. The van der Waals surface area contributed by atoms with E-state index in [1.807, 2.05) is 0 Å². The Bertz CT molecular complexity index is 1770. The summed E-state index contributed by atoms with van der Waals surface area (Å²) in [5.41, 5.74) is -1.02. The highest BCUT2D eigenvalue weighted by Crippen LogP contribution is 2.49. The van der Waals surface area contributed by atoms with Crippen molar-refractivity contribution < 1.29 is 70.1 Å². The zero-order valence-corrected chi connectivity index (χ0v) is 23.5. The summed E-state index contributed by atoms with van der Waals surface area (Å²) < 4.78 is 18.0. The SMILES string of the molecule is Cc1c(OC(Oc2cc(O)cc(O)c2)(c2cc(O)c(O)c(O)c2)C(C)O)cc2c(c1O)C(=O)C(O)C(c1cccc(O)c1O)O2. The first-order valence-electron chi connectivity index (χ1n) is 13.3. The van der Waals surface area contributed by atoms with E-state index in [0.29, 0.717) is 0 Å². The summed E-state index contributed by atoms with van der Waals surface area (Å²) in [4.78, 5) is 13.2. The highest BCUT2D eigenvalue weighted by atomic mass is 16.7. The Balaban J connectivity index is 1.69. The molecular weight excluding hydrogens is 596 g/mol. The molecule has 4 aromatic rings.